The summed E-state index contributed by atoms with van der Waals surface area (Å²) in [5.74, 6) is 0. The van der Waals surface area contributed by atoms with Gasteiger partial charge in [0.15, 0.2) is 0 Å². The van der Waals surface area contributed by atoms with Gasteiger partial charge in [-0.1, -0.05) is 30.3 Å². The van der Waals surface area contributed by atoms with E-state index in [2.05, 4.69) is 0 Å². The van der Waals surface area contributed by atoms with Crippen molar-refractivity contribution in [1.82, 2.24) is 4.90 Å². The van der Waals surface area contributed by atoms with E-state index >= 15 is 0 Å². The lowest BCUT2D eigenvalue weighted by molar-refractivity contribution is 0.0778. The molecule has 1 aromatic carbocycles. The van der Waals surface area contributed by atoms with E-state index in [0.29, 0.717) is 13.1 Å². The fourth-order valence-electron chi connectivity index (χ4n) is 1.78. The number of halogens is 2. The fourth-order valence-corrected chi connectivity index (χ4v) is 1.78. The first-order valence-corrected chi connectivity index (χ1v) is 5.87. The summed E-state index contributed by atoms with van der Waals surface area (Å²) in [6, 6.07) is 9.96. The Labute approximate surface area is 101 Å². The van der Waals surface area contributed by atoms with Crippen molar-refractivity contribution in [2.24, 2.45) is 0 Å². The first kappa shape index (κ1) is 14.1. The van der Waals surface area contributed by atoms with Gasteiger partial charge in [0.25, 0.3) is 6.43 Å². The van der Waals surface area contributed by atoms with E-state index in [0.717, 1.165) is 12.8 Å². The third kappa shape index (κ3) is 6.34. The zero-order valence-corrected chi connectivity index (χ0v) is 9.86. The van der Waals surface area contributed by atoms with Gasteiger partial charge < -0.3 is 5.11 Å². The van der Waals surface area contributed by atoms with Gasteiger partial charge in [0.2, 0.25) is 0 Å². The molecule has 0 heterocycles. The Morgan fingerprint density at radius 1 is 1.12 bits per heavy atom. The highest BCUT2D eigenvalue weighted by Gasteiger charge is 2.10. The van der Waals surface area contributed by atoms with Crippen molar-refractivity contribution in [3.05, 3.63) is 35.9 Å². The summed E-state index contributed by atoms with van der Waals surface area (Å²) in [6.07, 6.45) is -0.624. The number of hydrogen-bond donors (Lipinski definition) is 1. The lowest BCUT2D eigenvalue weighted by Crippen LogP contribution is -2.32. The number of aliphatic hydroxyl groups is 1. The smallest absolute Gasteiger partial charge is 0.251 e. The number of aliphatic hydroxyl groups excluding tert-OH is 1. The molecule has 0 saturated carbocycles. The molecule has 0 atom stereocenters. The van der Waals surface area contributed by atoms with Crippen LogP contribution in [-0.4, -0.2) is 42.7 Å². The number of hydrogen-bond acceptors (Lipinski definition) is 2. The van der Waals surface area contributed by atoms with Gasteiger partial charge in [0.1, 0.15) is 0 Å². The molecule has 0 amide bonds. The number of benzene rings is 1. The molecule has 0 bridgehead atoms. The summed E-state index contributed by atoms with van der Waals surface area (Å²) >= 11 is 0. The number of alkyl halides is 2. The standard InChI is InChI=1S/C13H19F2NO/c14-13(15)11-16(9-10-17)8-4-7-12-5-2-1-3-6-12/h1-3,5-6,13,17H,4,7-11H2. The molecule has 0 aliphatic heterocycles. The van der Waals surface area contributed by atoms with Crippen LogP contribution < -0.4 is 0 Å². The molecule has 0 fully saturated rings. The van der Waals surface area contributed by atoms with Gasteiger partial charge in [0, 0.05) is 6.54 Å². The Hall–Kier alpha value is -1.00. The molecule has 0 radical (unpaired) electrons. The highest BCUT2D eigenvalue weighted by Crippen LogP contribution is 2.05. The predicted octanol–water partition coefficient (Wildman–Crippen LogP) is 2.18. The molecular weight excluding hydrogens is 224 g/mol. The zero-order valence-electron chi connectivity index (χ0n) is 9.86. The van der Waals surface area contributed by atoms with Crippen LogP contribution in [0.2, 0.25) is 0 Å². The van der Waals surface area contributed by atoms with E-state index in [-0.39, 0.29) is 13.2 Å². The lowest BCUT2D eigenvalue weighted by atomic mass is 10.1. The summed E-state index contributed by atoms with van der Waals surface area (Å²) in [7, 11) is 0. The van der Waals surface area contributed by atoms with E-state index in [4.69, 9.17) is 5.11 Å². The second-order valence-corrected chi connectivity index (χ2v) is 4.00. The summed E-state index contributed by atoms with van der Waals surface area (Å²) in [4.78, 5) is 1.60. The first-order chi connectivity index (χ1) is 8.22. The Balaban J connectivity index is 2.26. The van der Waals surface area contributed by atoms with Crippen molar-refractivity contribution in [3.8, 4) is 0 Å². The van der Waals surface area contributed by atoms with Crippen LogP contribution >= 0.6 is 0 Å². The number of nitrogens with zero attached hydrogens (tertiary/aromatic N) is 1. The Morgan fingerprint density at radius 3 is 2.41 bits per heavy atom. The van der Waals surface area contributed by atoms with Gasteiger partial charge in [-0.2, -0.15) is 0 Å². The van der Waals surface area contributed by atoms with Crippen LogP contribution in [0.15, 0.2) is 30.3 Å². The summed E-state index contributed by atoms with van der Waals surface area (Å²) in [6.45, 7) is 0.590. The minimum Gasteiger partial charge on any atom is -0.395 e. The van der Waals surface area contributed by atoms with Gasteiger partial charge in [-0.05, 0) is 24.9 Å². The van der Waals surface area contributed by atoms with Crippen LogP contribution in [-0.2, 0) is 6.42 Å². The second-order valence-electron chi connectivity index (χ2n) is 4.00. The zero-order chi connectivity index (χ0) is 12.5. The van der Waals surface area contributed by atoms with E-state index in [9.17, 15) is 8.78 Å². The van der Waals surface area contributed by atoms with Gasteiger partial charge in [0.05, 0.1) is 13.2 Å². The van der Waals surface area contributed by atoms with Gasteiger partial charge in [-0.25, -0.2) is 8.78 Å². The topological polar surface area (TPSA) is 23.5 Å². The van der Waals surface area contributed by atoms with Crippen LogP contribution in [0.5, 0.6) is 0 Å². The molecule has 2 nitrogen and oxygen atoms in total. The van der Waals surface area contributed by atoms with E-state index in [1.165, 1.54) is 5.56 Å². The molecule has 0 aliphatic carbocycles. The van der Waals surface area contributed by atoms with E-state index < -0.39 is 6.43 Å². The third-order valence-electron chi connectivity index (χ3n) is 2.60. The molecule has 4 heteroatoms. The maximum absolute atomic E-state index is 12.2. The normalized spacial score (nSPS) is 11.4. The second kappa shape index (κ2) is 8.14. The summed E-state index contributed by atoms with van der Waals surface area (Å²) in [5.41, 5.74) is 1.22. The minimum absolute atomic E-state index is 0.0714. The van der Waals surface area contributed by atoms with Crippen molar-refractivity contribution in [3.63, 3.8) is 0 Å². The molecule has 1 N–H and O–H groups in total. The Morgan fingerprint density at radius 2 is 1.82 bits per heavy atom. The van der Waals surface area contributed by atoms with Crippen LogP contribution in [0.4, 0.5) is 8.78 Å². The van der Waals surface area contributed by atoms with Crippen molar-refractivity contribution >= 4 is 0 Å². The molecule has 17 heavy (non-hydrogen) atoms. The maximum Gasteiger partial charge on any atom is 0.251 e. The molecular formula is C13H19F2NO. The van der Waals surface area contributed by atoms with Crippen molar-refractivity contribution < 1.29 is 13.9 Å². The molecule has 0 spiro atoms. The highest BCUT2D eigenvalue weighted by atomic mass is 19.3. The monoisotopic (exact) mass is 243 g/mol. The molecule has 1 rings (SSSR count). The molecule has 0 aromatic heterocycles. The summed E-state index contributed by atoms with van der Waals surface area (Å²) < 4.78 is 24.5. The quantitative estimate of drug-likeness (QED) is 0.756. The number of aryl methyl sites for hydroxylation is 1. The van der Waals surface area contributed by atoms with Gasteiger partial charge in [-0.15, -0.1) is 0 Å². The van der Waals surface area contributed by atoms with Crippen molar-refractivity contribution in [2.75, 3.05) is 26.2 Å². The van der Waals surface area contributed by atoms with Crippen LogP contribution in [0.25, 0.3) is 0 Å². The minimum atomic E-state index is -2.33. The highest BCUT2D eigenvalue weighted by molar-refractivity contribution is 5.14. The van der Waals surface area contributed by atoms with Gasteiger partial charge in [-0.3, -0.25) is 4.90 Å². The maximum atomic E-state index is 12.2. The third-order valence-corrected chi connectivity index (χ3v) is 2.60. The van der Waals surface area contributed by atoms with E-state index in [1.54, 1.807) is 4.90 Å². The fraction of sp³-hybridized carbons (Fsp3) is 0.538. The predicted molar refractivity (Wildman–Crippen MR) is 64.3 cm³/mol. The lowest BCUT2D eigenvalue weighted by Gasteiger charge is -2.20. The average molecular weight is 243 g/mol. The summed E-state index contributed by atoms with van der Waals surface area (Å²) in [5, 5.41) is 8.78. The molecule has 96 valence electrons. The average Bonchev–Trinajstić information content (AvgIpc) is 2.30. The van der Waals surface area contributed by atoms with Crippen molar-refractivity contribution in [1.29, 1.82) is 0 Å². The Bertz CT molecular complexity index is 293. The van der Waals surface area contributed by atoms with Crippen LogP contribution in [0, 0.1) is 0 Å². The molecule has 0 unspecified atom stereocenters. The Kier molecular flexibility index (Phi) is 6.74. The molecule has 0 saturated heterocycles. The van der Waals surface area contributed by atoms with Gasteiger partial charge >= 0.3 is 0 Å². The molecule has 0 aliphatic rings. The number of rotatable bonds is 8. The molecule has 1 aromatic rings. The SMILES string of the molecule is OCCN(CCCc1ccccc1)CC(F)F. The van der Waals surface area contributed by atoms with Crippen molar-refractivity contribution in [2.45, 2.75) is 19.3 Å². The first-order valence-electron chi connectivity index (χ1n) is 5.87. The van der Waals surface area contributed by atoms with Crippen LogP contribution in [0.3, 0.4) is 0 Å². The largest absolute Gasteiger partial charge is 0.395 e. The van der Waals surface area contributed by atoms with E-state index in [1.807, 2.05) is 30.3 Å². The van der Waals surface area contributed by atoms with Crippen LogP contribution in [0.1, 0.15) is 12.0 Å².